The predicted molar refractivity (Wildman–Crippen MR) is 108 cm³/mol. The number of rotatable bonds is 3. The maximum Gasteiger partial charge on any atom is 0.335 e. The molecular weight excluding hydrogens is 439 g/mol. The quantitative estimate of drug-likeness (QED) is 0.425. The van der Waals surface area contributed by atoms with Gasteiger partial charge in [0.2, 0.25) is 0 Å². The molecule has 2 aromatic heterocycles. The molecule has 1 saturated carbocycles. The third-order valence-corrected chi connectivity index (χ3v) is 5.68. The fraction of sp³-hybridized carbons (Fsp3) is 0.261. The minimum Gasteiger partial charge on any atom is -0.478 e. The second kappa shape index (κ2) is 8.33. The van der Waals surface area contributed by atoms with Crippen molar-refractivity contribution in [1.82, 2.24) is 14.5 Å². The molecule has 1 radical (unpaired) electrons. The van der Waals surface area contributed by atoms with E-state index in [1.54, 1.807) is 12.1 Å². The number of carboxylic acids is 1. The summed E-state index contributed by atoms with van der Waals surface area (Å²) < 4.78 is 2.32. The second-order valence-electron chi connectivity index (χ2n) is 7.45. The molecule has 4 aromatic rings. The monoisotopic (exact) mass is 459 g/mol. The molecule has 5 rings (SSSR count). The van der Waals surface area contributed by atoms with Gasteiger partial charge >= 0.3 is 5.97 Å². The smallest absolute Gasteiger partial charge is 0.335 e. The summed E-state index contributed by atoms with van der Waals surface area (Å²) in [5.74, 6) is -0.0251. The van der Waals surface area contributed by atoms with Crippen LogP contribution in [0.1, 0.15) is 48.5 Å². The number of hydrogen-bond donors (Lipinski definition) is 1. The number of fused-ring (bicyclic) bond motifs is 2. The third kappa shape index (κ3) is 3.74. The zero-order chi connectivity index (χ0) is 19.1. The summed E-state index contributed by atoms with van der Waals surface area (Å²) in [6.45, 7) is 0. The summed E-state index contributed by atoms with van der Waals surface area (Å²) in [6, 6.07) is 15.6. The SMILES string of the molecule is O=C(O)c1ccc2c(c1)nc(-c1ccc3n[c-]ccc3c1)n2C1CCCCC1.[Y]. The van der Waals surface area contributed by atoms with E-state index in [1.807, 2.05) is 30.3 Å². The van der Waals surface area contributed by atoms with Crippen molar-refractivity contribution >= 4 is 27.9 Å². The van der Waals surface area contributed by atoms with E-state index in [2.05, 4.69) is 21.8 Å². The Hall–Kier alpha value is -2.11. The Morgan fingerprint density at radius 2 is 1.86 bits per heavy atom. The maximum absolute atomic E-state index is 11.4. The predicted octanol–water partition coefficient (Wildman–Crippen LogP) is 5.25. The van der Waals surface area contributed by atoms with Crippen molar-refractivity contribution in [3.8, 4) is 11.4 Å². The van der Waals surface area contributed by atoms with E-state index >= 15 is 0 Å². The van der Waals surface area contributed by atoms with Crippen LogP contribution in [-0.4, -0.2) is 25.6 Å². The summed E-state index contributed by atoms with van der Waals surface area (Å²) in [7, 11) is 0. The molecule has 0 aliphatic heterocycles. The normalized spacial score (nSPS) is 14.8. The molecule has 1 fully saturated rings. The first kappa shape index (κ1) is 20.2. The van der Waals surface area contributed by atoms with Crippen LogP contribution in [0.2, 0.25) is 0 Å². The van der Waals surface area contributed by atoms with Gasteiger partial charge in [0.1, 0.15) is 5.82 Å². The Kier molecular flexibility index (Phi) is 5.80. The first-order chi connectivity index (χ1) is 13.7. The van der Waals surface area contributed by atoms with Crippen LogP contribution in [0.25, 0.3) is 33.3 Å². The molecule has 5 nitrogen and oxygen atoms in total. The molecule has 0 amide bonds. The van der Waals surface area contributed by atoms with Gasteiger partial charge in [0.15, 0.2) is 0 Å². The van der Waals surface area contributed by atoms with Gasteiger partial charge < -0.3 is 14.7 Å². The number of benzene rings is 2. The second-order valence-corrected chi connectivity index (χ2v) is 7.45. The summed E-state index contributed by atoms with van der Waals surface area (Å²) in [5.41, 5.74) is 3.94. The largest absolute Gasteiger partial charge is 0.478 e. The molecule has 1 aliphatic carbocycles. The van der Waals surface area contributed by atoms with Gasteiger partial charge in [-0.15, -0.1) is 5.39 Å². The van der Waals surface area contributed by atoms with Crippen LogP contribution in [0, 0.1) is 6.20 Å². The zero-order valence-corrected chi connectivity index (χ0v) is 18.8. The molecule has 2 aromatic carbocycles. The molecule has 2 heterocycles. The Morgan fingerprint density at radius 1 is 1.03 bits per heavy atom. The van der Waals surface area contributed by atoms with Crippen molar-refractivity contribution in [2.75, 3.05) is 0 Å². The van der Waals surface area contributed by atoms with E-state index in [0.717, 1.165) is 46.2 Å². The van der Waals surface area contributed by atoms with E-state index in [1.165, 1.54) is 19.3 Å². The third-order valence-electron chi connectivity index (χ3n) is 5.68. The van der Waals surface area contributed by atoms with E-state index in [9.17, 15) is 9.90 Å². The average molecular weight is 459 g/mol. The molecule has 143 valence electrons. The number of aromatic nitrogens is 3. The van der Waals surface area contributed by atoms with Crippen LogP contribution < -0.4 is 0 Å². The summed E-state index contributed by atoms with van der Waals surface area (Å²) >= 11 is 0. The fourth-order valence-corrected chi connectivity index (χ4v) is 4.31. The van der Waals surface area contributed by atoms with E-state index in [-0.39, 0.29) is 38.3 Å². The summed E-state index contributed by atoms with van der Waals surface area (Å²) in [4.78, 5) is 20.6. The standard InChI is InChI=1S/C23H20N3O2.Y/c27-23(28)17-9-11-21-20(14-17)25-22(26(21)18-6-2-1-3-7-18)16-8-10-19-15(13-16)5-4-12-24-19;/h4-5,8-11,13-14,18H,1-3,6-7H2,(H,27,28);/q-1;. The average Bonchev–Trinajstić information content (AvgIpc) is 3.12. The zero-order valence-electron chi connectivity index (χ0n) is 16.0. The molecule has 0 atom stereocenters. The van der Waals surface area contributed by atoms with Gasteiger partial charge in [0.05, 0.1) is 16.6 Å². The van der Waals surface area contributed by atoms with Crippen molar-refractivity contribution in [2.24, 2.45) is 0 Å². The van der Waals surface area contributed by atoms with Crippen molar-refractivity contribution in [3.05, 3.63) is 60.3 Å². The molecule has 0 unspecified atom stereocenters. The van der Waals surface area contributed by atoms with Crippen LogP contribution in [0.3, 0.4) is 0 Å². The van der Waals surface area contributed by atoms with Crippen LogP contribution in [-0.2, 0) is 32.7 Å². The number of nitrogens with zero attached hydrogens (tertiary/aromatic N) is 3. The van der Waals surface area contributed by atoms with Crippen molar-refractivity contribution in [2.45, 2.75) is 38.1 Å². The van der Waals surface area contributed by atoms with Gasteiger partial charge in [-0.25, -0.2) is 9.78 Å². The minimum atomic E-state index is -0.927. The summed E-state index contributed by atoms with van der Waals surface area (Å²) in [5, 5.41) is 10.4. The number of carbonyl (C=O) groups is 1. The molecule has 0 spiro atoms. The molecule has 6 heteroatoms. The number of hydrogen-bond acceptors (Lipinski definition) is 3. The van der Waals surface area contributed by atoms with Crippen molar-refractivity contribution < 1.29 is 42.6 Å². The van der Waals surface area contributed by atoms with E-state index in [4.69, 9.17) is 4.98 Å². The van der Waals surface area contributed by atoms with E-state index in [0.29, 0.717) is 6.04 Å². The van der Waals surface area contributed by atoms with Gasteiger partial charge in [0, 0.05) is 44.3 Å². The first-order valence-electron chi connectivity index (χ1n) is 9.73. The Morgan fingerprint density at radius 3 is 2.66 bits per heavy atom. The van der Waals surface area contributed by atoms with Crippen molar-refractivity contribution in [1.29, 1.82) is 0 Å². The van der Waals surface area contributed by atoms with Crippen LogP contribution in [0.15, 0.2) is 48.5 Å². The molecule has 29 heavy (non-hydrogen) atoms. The van der Waals surface area contributed by atoms with Crippen molar-refractivity contribution in [3.63, 3.8) is 0 Å². The van der Waals surface area contributed by atoms with Crippen LogP contribution in [0.5, 0.6) is 0 Å². The van der Waals surface area contributed by atoms with Crippen LogP contribution >= 0.6 is 0 Å². The van der Waals surface area contributed by atoms with Gasteiger partial charge in [-0.1, -0.05) is 43.7 Å². The van der Waals surface area contributed by atoms with Gasteiger partial charge in [0.25, 0.3) is 0 Å². The minimum absolute atomic E-state index is 0. The van der Waals surface area contributed by atoms with E-state index < -0.39 is 5.97 Å². The number of carboxylic acid groups (broad SMARTS) is 1. The Labute approximate surface area is 194 Å². The van der Waals surface area contributed by atoms with Gasteiger partial charge in [-0.3, -0.25) is 0 Å². The molecule has 1 aliphatic rings. The van der Waals surface area contributed by atoms with Gasteiger partial charge in [-0.05, 0) is 36.6 Å². The molecule has 1 N–H and O–H groups in total. The molecular formula is C23H20N3O2Y-. The number of pyridine rings is 1. The Bertz CT molecular complexity index is 1200. The topological polar surface area (TPSA) is 68.0 Å². The number of imidazole rings is 1. The molecule has 0 saturated heterocycles. The Balaban J connectivity index is 0.00000205. The van der Waals surface area contributed by atoms with Gasteiger partial charge in [-0.2, -0.15) is 12.1 Å². The molecule has 0 bridgehead atoms. The maximum atomic E-state index is 11.4. The first-order valence-corrected chi connectivity index (χ1v) is 9.73. The van der Waals surface area contributed by atoms with Crippen LogP contribution in [0.4, 0.5) is 0 Å². The fourth-order valence-electron chi connectivity index (χ4n) is 4.31. The number of aromatic carboxylic acids is 1. The summed E-state index contributed by atoms with van der Waals surface area (Å²) in [6.07, 6.45) is 8.84.